The molecule has 6 nitrogen and oxygen atoms in total. The number of aromatic nitrogens is 2. The van der Waals surface area contributed by atoms with Gasteiger partial charge in [-0.15, -0.1) is 0 Å². The van der Waals surface area contributed by atoms with E-state index < -0.39 is 6.04 Å². The molecule has 0 spiro atoms. The molecule has 0 bridgehead atoms. The van der Waals surface area contributed by atoms with Gasteiger partial charge in [0.25, 0.3) is 5.56 Å². The first kappa shape index (κ1) is 23.7. The predicted octanol–water partition coefficient (Wildman–Crippen LogP) is 4.74. The molecular weight excluding hydrogens is 482 g/mol. The van der Waals surface area contributed by atoms with Crippen LogP contribution in [-0.2, 0) is 4.79 Å². The molecule has 2 aromatic heterocycles. The molecule has 1 saturated carbocycles. The molecule has 0 unspecified atom stereocenters. The van der Waals surface area contributed by atoms with Gasteiger partial charge in [-0.25, -0.2) is 4.99 Å². The number of nitrogens with zero attached hydrogens (tertiary/aromatic N) is 3. The van der Waals surface area contributed by atoms with Crippen molar-refractivity contribution in [2.75, 3.05) is 7.11 Å². The van der Waals surface area contributed by atoms with Crippen LogP contribution in [0.5, 0.6) is 5.75 Å². The normalized spacial score (nSPS) is 17.8. The third-order valence-corrected chi connectivity index (χ3v) is 8.53. The fraction of sp³-hybridized carbons (Fsp3) is 0.300. The predicted molar refractivity (Wildman–Crippen MR) is 147 cm³/mol. The SMILES string of the molecule is COc1ccc2ccccc2c1[C@@H]1C(C(C)=O)=C(C)N=c2sc(=Cc3cc(C)n(C4CC4)c3C)c(=O)n21. The van der Waals surface area contributed by atoms with Crippen LogP contribution in [0.15, 0.2) is 63.5 Å². The third-order valence-electron chi connectivity index (χ3n) is 7.55. The number of hydrogen-bond donors (Lipinski definition) is 0. The van der Waals surface area contributed by atoms with Crippen molar-refractivity contribution in [3.63, 3.8) is 0 Å². The summed E-state index contributed by atoms with van der Waals surface area (Å²) in [6.07, 6.45) is 4.39. The summed E-state index contributed by atoms with van der Waals surface area (Å²) in [5, 5.41) is 1.97. The van der Waals surface area contributed by atoms with Gasteiger partial charge in [0.05, 0.1) is 17.7 Å². The van der Waals surface area contributed by atoms with Crippen LogP contribution >= 0.6 is 11.3 Å². The molecule has 6 rings (SSSR count). The Labute approximate surface area is 218 Å². The van der Waals surface area contributed by atoms with Gasteiger partial charge in [-0.3, -0.25) is 14.2 Å². The van der Waals surface area contributed by atoms with Crippen molar-refractivity contribution in [3.05, 3.63) is 95.9 Å². The van der Waals surface area contributed by atoms with E-state index in [0.717, 1.165) is 21.9 Å². The summed E-state index contributed by atoms with van der Waals surface area (Å²) in [5.74, 6) is 0.531. The summed E-state index contributed by atoms with van der Waals surface area (Å²) in [5.41, 5.74) is 5.25. The van der Waals surface area contributed by atoms with Crippen LogP contribution in [0, 0.1) is 13.8 Å². The lowest BCUT2D eigenvalue weighted by molar-refractivity contribution is -0.114. The molecule has 2 aliphatic rings. The topological polar surface area (TPSA) is 65.6 Å². The Morgan fingerprint density at radius 3 is 2.57 bits per heavy atom. The van der Waals surface area contributed by atoms with Crippen molar-refractivity contribution in [3.8, 4) is 5.75 Å². The number of benzene rings is 2. The Balaban J connectivity index is 1.64. The van der Waals surface area contributed by atoms with E-state index in [1.807, 2.05) is 49.4 Å². The fourth-order valence-corrected chi connectivity index (χ4v) is 6.80. The summed E-state index contributed by atoms with van der Waals surface area (Å²) < 4.78 is 10.5. The van der Waals surface area contributed by atoms with E-state index in [0.29, 0.717) is 32.4 Å². The zero-order valence-corrected chi connectivity index (χ0v) is 22.5. The largest absolute Gasteiger partial charge is 0.496 e. The van der Waals surface area contributed by atoms with Gasteiger partial charge < -0.3 is 9.30 Å². The van der Waals surface area contributed by atoms with Crippen LogP contribution in [0.1, 0.15) is 61.3 Å². The molecule has 3 heterocycles. The number of fused-ring (bicyclic) bond motifs is 2. The second kappa shape index (κ2) is 8.70. The fourth-order valence-electron chi connectivity index (χ4n) is 5.76. The molecule has 1 atom stereocenters. The number of allylic oxidation sites excluding steroid dienone is 2. The minimum absolute atomic E-state index is 0.108. The van der Waals surface area contributed by atoms with Crippen LogP contribution < -0.4 is 19.6 Å². The van der Waals surface area contributed by atoms with E-state index in [2.05, 4.69) is 24.5 Å². The van der Waals surface area contributed by atoms with Gasteiger partial charge in [-0.05, 0) is 75.1 Å². The highest BCUT2D eigenvalue weighted by molar-refractivity contribution is 7.07. The molecule has 0 amide bonds. The number of methoxy groups -OCH3 is 1. The Morgan fingerprint density at radius 2 is 1.86 bits per heavy atom. The van der Waals surface area contributed by atoms with Gasteiger partial charge in [0.2, 0.25) is 0 Å². The van der Waals surface area contributed by atoms with Gasteiger partial charge >= 0.3 is 0 Å². The summed E-state index contributed by atoms with van der Waals surface area (Å²) in [6, 6.07) is 14.0. The number of ketones is 1. The maximum Gasteiger partial charge on any atom is 0.271 e. The zero-order chi connectivity index (χ0) is 26.0. The van der Waals surface area contributed by atoms with E-state index in [1.165, 1.54) is 35.6 Å². The average Bonchev–Trinajstić information content (AvgIpc) is 3.60. The minimum Gasteiger partial charge on any atom is -0.496 e. The molecule has 1 fully saturated rings. The lowest BCUT2D eigenvalue weighted by Crippen LogP contribution is -2.39. The Morgan fingerprint density at radius 1 is 1.11 bits per heavy atom. The second-order valence-electron chi connectivity index (χ2n) is 9.97. The minimum atomic E-state index is -0.629. The van der Waals surface area contributed by atoms with Crippen LogP contribution in [-0.4, -0.2) is 22.0 Å². The first-order chi connectivity index (χ1) is 17.8. The molecule has 188 valence electrons. The summed E-state index contributed by atoms with van der Waals surface area (Å²) >= 11 is 1.37. The highest BCUT2D eigenvalue weighted by Gasteiger charge is 2.34. The van der Waals surface area contributed by atoms with E-state index in [9.17, 15) is 9.59 Å². The van der Waals surface area contributed by atoms with Crippen molar-refractivity contribution in [2.24, 2.45) is 4.99 Å². The molecule has 7 heteroatoms. The van der Waals surface area contributed by atoms with Gasteiger partial charge in [-0.1, -0.05) is 41.7 Å². The van der Waals surface area contributed by atoms with E-state index in [4.69, 9.17) is 9.73 Å². The molecule has 4 aromatic rings. The number of carbonyl (C=O) groups excluding carboxylic acids is 1. The monoisotopic (exact) mass is 511 g/mol. The van der Waals surface area contributed by atoms with E-state index in [1.54, 1.807) is 18.6 Å². The number of carbonyl (C=O) groups is 1. The Bertz CT molecular complexity index is 1810. The van der Waals surface area contributed by atoms with Crippen molar-refractivity contribution < 1.29 is 9.53 Å². The van der Waals surface area contributed by atoms with Crippen molar-refractivity contribution >= 4 is 34.0 Å². The molecule has 37 heavy (non-hydrogen) atoms. The number of rotatable bonds is 5. The number of thiazole rings is 1. The number of ether oxygens (including phenoxy) is 1. The first-order valence-electron chi connectivity index (χ1n) is 12.6. The smallest absolute Gasteiger partial charge is 0.271 e. The Kier molecular flexibility index (Phi) is 5.57. The van der Waals surface area contributed by atoms with Gasteiger partial charge in [0.1, 0.15) is 5.75 Å². The van der Waals surface area contributed by atoms with Crippen molar-refractivity contribution in [1.82, 2.24) is 9.13 Å². The quantitative estimate of drug-likeness (QED) is 0.389. The molecule has 0 N–H and O–H groups in total. The highest BCUT2D eigenvalue weighted by Crippen LogP contribution is 2.40. The van der Waals surface area contributed by atoms with Crippen molar-refractivity contribution in [1.29, 1.82) is 0 Å². The Hall–Kier alpha value is -3.71. The number of aryl methyl sites for hydroxylation is 1. The standard InChI is InChI=1S/C30H29N3O3S/c1-16-14-21(18(3)32(16)22-11-12-22)15-25-29(35)33-28(26(19(4)34)17(2)31-30(33)37-25)27-23-9-7-6-8-20(23)10-13-24(27)36-5/h6-10,13-15,22,28H,11-12H2,1-5H3/t28-/m0/s1. The number of hydrogen-bond acceptors (Lipinski definition) is 5. The molecule has 0 saturated heterocycles. The lowest BCUT2D eigenvalue weighted by atomic mass is 9.89. The highest BCUT2D eigenvalue weighted by atomic mass is 32.1. The van der Waals surface area contributed by atoms with Gasteiger partial charge in [0.15, 0.2) is 10.6 Å². The van der Waals surface area contributed by atoms with Gasteiger partial charge in [0, 0.05) is 34.3 Å². The maximum absolute atomic E-state index is 14.1. The molecule has 1 aliphatic carbocycles. The average molecular weight is 512 g/mol. The van der Waals surface area contributed by atoms with Crippen LogP contribution in [0.4, 0.5) is 0 Å². The first-order valence-corrected chi connectivity index (χ1v) is 13.4. The van der Waals surface area contributed by atoms with Crippen LogP contribution in [0.3, 0.4) is 0 Å². The summed E-state index contributed by atoms with van der Waals surface area (Å²) in [7, 11) is 1.62. The maximum atomic E-state index is 14.1. The van der Waals surface area contributed by atoms with Crippen LogP contribution in [0.25, 0.3) is 16.8 Å². The molecule has 0 radical (unpaired) electrons. The molecule has 2 aromatic carbocycles. The van der Waals surface area contributed by atoms with Gasteiger partial charge in [-0.2, -0.15) is 0 Å². The van der Waals surface area contributed by atoms with E-state index in [-0.39, 0.29) is 11.3 Å². The molecule has 1 aliphatic heterocycles. The number of Topliss-reactive ketones (excluding diaryl/α,β-unsaturated/α-hetero) is 1. The van der Waals surface area contributed by atoms with E-state index >= 15 is 0 Å². The summed E-state index contributed by atoms with van der Waals surface area (Å²) in [4.78, 5) is 32.4. The summed E-state index contributed by atoms with van der Waals surface area (Å²) in [6.45, 7) is 7.64. The van der Waals surface area contributed by atoms with Crippen molar-refractivity contribution in [2.45, 2.75) is 52.6 Å². The second-order valence-corrected chi connectivity index (χ2v) is 11.0. The zero-order valence-electron chi connectivity index (χ0n) is 21.7. The van der Waals surface area contributed by atoms with Crippen LogP contribution in [0.2, 0.25) is 0 Å². The lowest BCUT2D eigenvalue weighted by Gasteiger charge is -2.27. The molecular formula is C30H29N3O3S. The third kappa shape index (κ3) is 3.72.